The molecule has 0 amide bonds. The molecule has 0 bridgehead atoms. The Balaban J connectivity index is 1.48. The lowest BCUT2D eigenvalue weighted by atomic mass is 10.1. The fraction of sp³-hybridized carbons (Fsp3) is 0.174. The Bertz CT molecular complexity index is 1490. The van der Waals surface area contributed by atoms with Gasteiger partial charge in [0, 0.05) is 23.4 Å². The first-order valence-corrected chi connectivity index (χ1v) is 10.4. The first kappa shape index (κ1) is 21.0. The first-order valence-electron chi connectivity index (χ1n) is 10.4. The highest BCUT2D eigenvalue weighted by molar-refractivity contribution is 5.71. The molecule has 11 heteroatoms. The highest BCUT2D eigenvalue weighted by Gasteiger charge is 2.15. The second-order valence-corrected chi connectivity index (χ2v) is 7.50. The van der Waals surface area contributed by atoms with Gasteiger partial charge in [-0.15, -0.1) is 5.10 Å². The maximum absolute atomic E-state index is 9.56. The number of nitrogens with zero attached hydrogens (tertiary/aromatic N) is 9. The van der Waals surface area contributed by atoms with Crippen molar-refractivity contribution in [2.75, 3.05) is 7.11 Å². The van der Waals surface area contributed by atoms with Crippen molar-refractivity contribution in [2.45, 2.75) is 19.6 Å². The normalized spacial score (nSPS) is 11.8. The Morgan fingerprint density at radius 1 is 1.12 bits per heavy atom. The van der Waals surface area contributed by atoms with Crippen LogP contribution in [0.5, 0.6) is 11.6 Å². The number of ether oxygens (including phenoxy) is 2. The minimum absolute atomic E-state index is 0.138. The molecule has 0 fully saturated rings. The van der Waals surface area contributed by atoms with Crippen LogP contribution >= 0.6 is 0 Å². The van der Waals surface area contributed by atoms with Crippen LogP contribution in [0.3, 0.4) is 0 Å². The molecule has 0 aliphatic carbocycles. The highest BCUT2D eigenvalue weighted by atomic mass is 16.5. The molecule has 0 spiro atoms. The van der Waals surface area contributed by atoms with Crippen LogP contribution in [-0.2, 0) is 6.54 Å². The molecule has 34 heavy (non-hydrogen) atoms. The lowest BCUT2D eigenvalue weighted by molar-refractivity contribution is 0.193. The zero-order chi connectivity index (χ0) is 23.5. The number of tetrazole rings is 1. The van der Waals surface area contributed by atoms with Crippen molar-refractivity contribution in [2.24, 2.45) is 0 Å². The van der Waals surface area contributed by atoms with Gasteiger partial charge in [0.05, 0.1) is 36.8 Å². The maximum Gasteiger partial charge on any atom is 0.213 e. The molecular weight excluding hydrogens is 434 g/mol. The van der Waals surface area contributed by atoms with E-state index in [0.717, 1.165) is 11.3 Å². The molecule has 11 nitrogen and oxygen atoms in total. The number of methoxy groups -OCH3 is 1. The SMILES string of the molecule is COc1cc(-c2cnc3ccc(-c4cccc(O[C@@H](C)Cn5cnnn5)c4)nn23)c(C#N)cn1. The zero-order valence-electron chi connectivity index (χ0n) is 18.4. The van der Waals surface area contributed by atoms with Gasteiger partial charge < -0.3 is 9.47 Å². The van der Waals surface area contributed by atoms with Gasteiger partial charge in [0.2, 0.25) is 5.88 Å². The number of nitriles is 1. The van der Waals surface area contributed by atoms with E-state index >= 15 is 0 Å². The van der Waals surface area contributed by atoms with Crippen LogP contribution in [0.1, 0.15) is 12.5 Å². The van der Waals surface area contributed by atoms with Gasteiger partial charge in [-0.2, -0.15) is 10.4 Å². The average molecular weight is 453 g/mol. The Hall–Kier alpha value is -4.85. The maximum atomic E-state index is 9.56. The van der Waals surface area contributed by atoms with E-state index in [1.165, 1.54) is 13.3 Å². The molecule has 0 aliphatic rings. The largest absolute Gasteiger partial charge is 0.489 e. The molecule has 168 valence electrons. The van der Waals surface area contributed by atoms with Crippen LogP contribution in [0.4, 0.5) is 0 Å². The molecule has 4 heterocycles. The smallest absolute Gasteiger partial charge is 0.213 e. The third kappa shape index (κ3) is 4.12. The molecule has 5 rings (SSSR count). The number of rotatable bonds is 7. The standard InChI is InChI=1S/C23H19N9O2/c1-15(13-31-14-27-29-30-31)34-18-5-3-4-16(8-18)20-6-7-22-25-12-21(32(22)28-20)19-9-23(33-2)26-11-17(19)10-24/h3-9,11-12,14-15H,13H2,1-2H3/t15-/m0/s1. The molecule has 0 radical (unpaired) electrons. The Kier molecular flexibility index (Phi) is 5.53. The van der Waals surface area contributed by atoms with Gasteiger partial charge in [0.1, 0.15) is 24.3 Å². The molecule has 5 aromatic rings. The second-order valence-electron chi connectivity index (χ2n) is 7.50. The Labute approximate surface area is 194 Å². The summed E-state index contributed by atoms with van der Waals surface area (Å²) in [4.78, 5) is 8.56. The summed E-state index contributed by atoms with van der Waals surface area (Å²) in [6, 6.07) is 15.3. The lowest BCUT2D eigenvalue weighted by Gasteiger charge is -2.15. The number of hydrogen-bond acceptors (Lipinski definition) is 9. The summed E-state index contributed by atoms with van der Waals surface area (Å²) in [5.74, 6) is 1.11. The summed E-state index contributed by atoms with van der Waals surface area (Å²) in [5, 5.41) is 25.5. The van der Waals surface area contributed by atoms with Gasteiger partial charge in [0.15, 0.2) is 5.65 Å². The van der Waals surface area contributed by atoms with E-state index in [2.05, 4.69) is 31.6 Å². The summed E-state index contributed by atoms with van der Waals surface area (Å²) in [6.07, 6.45) is 4.57. The number of imidazole rings is 1. The third-order valence-electron chi connectivity index (χ3n) is 5.15. The average Bonchev–Trinajstić information content (AvgIpc) is 3.53. The van der Waals surface area contributed by atoms with Gasteiger partial charge in [-0.3, -0.25) is 0 Å². The first-order chi connectivity index (χ1) is 16.6. The molecule has 0 saturated carbocycles. The van der Waals surface area contributed by atoms with Gasteiger partial charge in [-0.25, -0.2) is 19.2 Å². The van der Waals surface area contributed by atoms with Gasteiger partial charge in [0.25, 0.3) is 0 Å². The van der Waals surface area contributed by atoms with E-state index in [0.29, 0.717) is 40.6 Å². The number of aromatic nitrogens is 8. The fourth-order valence-corrected chi connectivity index (χ4v) is 3.59. The van der Waals surface area contributed by atoms with Gasteiger partial charge in [-0.1, -0.05) is 12.1 Å². The number of pyridine rings is 1. The van der Waals surface area contributed by atoms with Gasteiger partial charge in [-0.05, 0) is 41.6 Å². The number of benzene rings is 1. The van der Waals surface area contributed by atoms with Gasteiger partial charge >= 0.3 is 0 Å². The van der Waals surface area contributed by atoms with Crippen LogP contribution in [0.15, 0.2) is 61.2 Å². The molecule has 4 aromatic heterocycles. The molecule has 0 aliphatic heterocycles. The molecule has 1 atom stereocenters. The summed E-state index contributed by atoms with van der Waals surface area (Å²) in [6.45, 7) is 2.47. The van der Waals surface area contributed by atoms with E-state index in [9.17, 15) is 5.26 Å². The summed E-state index contributed by atoms with van der Waals surface area (Å²) in [7, 11) is 1.53. The second kappa shape index (κ2) is 8.95. The number of fused-ring (bicyclic) bond motifs is 1. The van der Waals surface area contributed by atoms with Crippen LogP contribution in [-0.4, -0.2) is 53.0 Å². The van der Waals surface area contributed by atoms with Crippen LogP contribution in [0, 0.1) is 11.3 Å². The quantitative estimate of drug-likeness (QED) is 0.365. The van der Waals surface area contributed by atoms with Crippen molar-refractivity contribution < 1.29 is 9.47 Å². The molecular formula is C23H19N9O2. The van der Waals surface area contributed by atoms with Crippen molar-refractivity contribution >= 4 is 5.65 Å². The van der Waals surface area contributed by atoms with Crippen LogP contribution in [0.25, 0.3) is 28.2 Å². The topological polar surface area (TPSA) is 129 Å². The zero-order valence-corrected chi connectivity index (χ0v) is 18.4. The molecule has 0 unspecified atom stereocenters. The van der Waals surface area contributed by atoms with Crippen LogP contribution < -0.4 is 9.47 Å². The molecule has 0 N–H and O–H groups in total. The summed E-state index contributed by atoms with van der Waals surface area (Å²) < 4.78 is 14.6. The summed E-state index contributed by atoms with van der Waals surface area (Å²) >= 11 is 0. The third-order valence-corrected chi connectivity index (χ3v) is 5.15. The van der Waals surface area contributed by atoms with E-state index in [-0.39, 0.29) is 6.10 Å². The lowest BCUT2D eigenvalue weighted by Crippen LogP contribution is -2.20. The Morgan fingerprint density at radius 2 is 2.03 bits per heavy atom. The van der Waals surface area contributed by atoms with E-state index in [1.807, 2.05) is 43.3 Å². The fourth-order valence-electron chi connectivity index (χ4n) is 3.59. The van der Waals surface area contributed by atoms with E-state index in [4.69, 9.17) is 14.6 Å². The van der Waals surface area contributed by atoms with Crippen LogP contribution in [0.2, 0.25) is 0 Å². The Morgan fingerprint density at radius 3 is 2.82 bits per heavy atom. The highest BCUT2D eigenvalue weighted by Crippen LogP contribution is 2.28. The predicted octanol–water partition coefficient (Wildman–Crippen LogP) is 2.79. The van der Waals surface area contributed by atoms with Crippen molar-refractivity contribution in [1.29, 1.82) is 5.26 Å². The molecule has 1 aromatic carbocycles. The minimum atomic E-state index is -0.138. The minimum Gasteiger partial charge on any atom is -0.489 e. The molecule has 0 saturated heterocycles. The monoisotopic (exact) mass is 453 g/mol. The van der Waals surface area contributed by atoms with Crippen molar-refractivity contribution in [3.05, 3.63) is 66.7 Å². The van der Waals surface area contributed by atoms with Crippen molar-refractivity contribution in [3.63, 3.8) is 0 Å². The number of hydrogen-bond donors (Lipinski definition) is 0. The summed E-state index contributed by atoms with van der Waals surface area (Å²) in [5.41, 5.74) is 3.96. The van der Waals surface area contributed by atoms with E-state index < -0.39 is 0 Å². The van der Waals surface area contributed by atoms with E-state index in [1.54, 1.807) is 27.8 Å². The van der Waals surface area contributed by atoms with Crippen molar-refractivity contribution in [3.8, 4) is 40.2 Å². The van der Waals surface area contributed by atoms with Crippen molar-refractivity contribution in [1.82, 2.24) is 39.8 Å². The predicted molar refractivity (Wildman–Crippen MR) is 121 cm³/mol.